The molecule has 0 aliphatic heterocycles. The lowest BCUT2D eigenvalue weighted by Crippen LogP contribution is -2.29. The van der Waals surface area contributed by atoms with E-state index in [1.807, 2.05) is 0 Å². The van der Waals surface area contributed by atoms with Crippen molar-refractivity contribution in [3.05, 3.63) is 0 Å². The highest BCUT2D eigenvalue weighted by atomic mass is 16.5. The van der Waals surface area contributed by atoms with E-state index in [0.717, 1.165) is 44.9 Å². The molecule has 0 heterocycles. The molecule has 1 unspecified atom stereocenters. The van der Waals surface area contributed by atoms with Crippen molar-refractivity contribution in [2.75, 3.05) is 13.2 Å². The van der Waals surface area contributed by atoms with Gasteiger partial charge in [0.2, 0.25) is 0 Å². The third kappa shape index (κ3) is 8.73. The molecule has 25 heavy (non-hydrogen) atoms. The molecule has 0 saturated heterocycles. The van der Waals surface area contributed by atoms with Crippen molar-refractivity contribution in [2.24, 2.45) is 23.7 Å². The fourth-order valence-electron chi connectivity index (χ4n) is 3.29. The average Bonchev–Trinajstić information content (AvgIpc) is 2.61. The van der Waals surface area contributed by atoms with Crippen molar-refractivity contribution in [3.8, 4) is 0 Å². The molecule has 146 valence electrons. The maximum absolute atomic E-state index is 12.3. The van der Waals surface area contributed by atoms with Gasteiger partial charge in [-0.1, -0.05) is 47.0 Å². The number of hydrogen-bond donors (Lipinski definition) is 0. The van der Waals surface area contributed by atoms with Gasteiger partial charge >= 0.3 is 11.9 Å². The Morgan fingerprint density at radius 2 is 1.48 bits per heavy atom. The molecule has 1 saturated carbocycles. The van der Waals surface area contributed by atoms with Gasteiger partial charge in [0.1, 0.15) is 0 Å². The summed E-state index contributed by atoms with van der Waals surface area (Å²) in [6.45, 7) is 9.64. The zero-order chi connectivity index (χ0) is 18.7. The van der Waals surface area contributed by atoms with E-state index >= 15 is 0 Å². The molecule has 4 heteroatoms. The van der Waals surface area contributed by atoms with Gasteiger partial charge in [0.25, 0.3) is 0 Å². The van der Waals surface area contributed by atoms with E-state index in [0.29, 0.717) is 25.0 Å². The molecule has 0 aromatic carbocycles. The summed E-state index contributed by atoms with van der Waals surface area (Å²) >= 11 is 0. The lowest BCUT2D eigenvalue weighted by Gasteiger charge is -2.26. The summed E-state index contributed by atoms with van der Waals surface area (Å²) in [7, 11) is 0. The third-order valence-electron chi connectivity index (χ3n) is 5.34. The summed E-state index contributed by atoms with van der Waals surface area (Å²) in [6.07, 6.45) is 8.45. The Morgan fingerprint density at radius 3 is 1.96 bits per heavy atom. The number of carbonyl (C=O) groups is 2. The summed E-state index contributed by atoms with van der Waals surface area (Å²) in [4.78, 5) is 24.3. The predicted molar refractivity (Wildman–Crippen MR) is 100 cm³/mol. The molecule has 1 rings (SSSR count). The van der Waals surface area contributed by atoms with Crippen LogP contribution in [0.3, 0.4) is 0 Å². The van der Waals surface area contributed by atoms with Crippen LogP contribution < -0.4 is 0 Å². The molecular weight excluding hydrogens is 316 g/mol. The second kappa shape index (κ2) is 12.3. The quantitative estimate of drug-likeness (QED) is 0.482. The monoisotopic (exact) mass is 354 g/mol. The van der Waals surface area contributed by atoms with E-state index in [9.17, 15) is 9.59 Å². The Hall–Kier alpha value is -1.06. The Kier molecular flexibility index (Phi) is 10.8. The van der Waals surface area contributed by atoms with Crippen molar-refractivity contribution in [2.45, 2.75) is 85.5 Å². The average molecular weight is 355 g/mol. The molecule has 4 nitrogen and oxygen atoms in total. The predicted octanol–water partition coefficient (Wildman–Crippen LogP) is 5.14. The first-order valence-corrected chi connectivity index (χ1v) is 10.3. The van der Waals surface area contributed by atoms with Gasteiger partial charge in [-0.15, -0.1) is 0 Å². The molecule has 1 aliphatic carbocycles. The van der Waals surface area contributed by atoms with E-state index in [1.165, 1.54) is 12.8 Å². The van der Waals surface area contributed by atoms with Gasteiger partial charge in [-0.25, -0.2) is 0 Å². The molecular formula is C21H38O4. The normalized spacial score (nSPS) is 21.8. The van der Waals surface area contributed by atoms with Crippen LogP contribution in [0.2, 0.25) is 0 Å². The summed E-state index contributed by atoms with van der Waals surface area (Å²) in [5.74, 6) is 0.797. The van der Waals surface area contributed by atoms with Gasteiger partial charge in [0.05, 0.1) is 25.0 Å². The minimum atomic E-state index is -0.0851. The second-order valence-electron chi connectivity index (χ2n) is 7.95. The number of carbonyl (C=O) groups excluding carboxylic acids is 2. The molecule has 1 fully saturated rings. The van der Waals surface area contributed by atoms with Gasteiger partial charge in [0, 0.05) is 0 Å². The highest BCUT2D eigenvalue weighted by Gasteiger charge is 2.31. The number of unbranched alkanes of at least 4 members (excludes halogenated alkanes) is 1. The minimum absolute atomic E-state index is 0.0378. The zero-order valence-electron chi connectivity index (χ0n) is 16.7. The summed E-state index contributed by atoms with van der Waals surface area (Å²) in [6, 6.07) is 0. The summed E-state index contributed by atoms with van der Waals surface area (Å²) in [5.41, 5.74) is 0. The van der Waals surface area contributed by atoms with Crippen LogP contribution in [-0.2, 0) is 19.1 Å². The molecule has 0 aromatic rings. The maximum atomic E-state index is 12.3. The van der Waals surface area contributed by atoms with E-state index in [2.05, 4.69) is 27.7 Å². The molecule has 1 atom stereocenters. The molecule has 0 N–H and O–H groups in total. The van der Waals surface area contributed by atoms with Crippen molar-refractivity contribution >= 4 is 11.9 Å². The van der Waals surface area contributed by atoms with Crippen molar-refractivity contribution in [1.29, 1.82) is 0 Å². The molecule has 0 radical (unpaired) electrons. The molecule has 0 spiro atoms. The summed E-state index contributed by atoms with van der Waals surface area (Å²) < 4.78 is 10.9. The highest BCUT2D eigenvalue weighted by molar-refractivity contribution is 5.75. The number of esters is 2. The standard InChI is InChI=1S/C21H38O4/c1-5-7-8-17(6-2)15-25-21(23)19-11-9-18(10-12-19)20(22)24-14-13-16(3)4/h16-19H,5-15H2,1-4H3. The van der Waals surface area contributed by atoms with Crippen molar-refractivity contribution in [3.63, 3.8) is 0 Å². The van der Waals surface area contributed by atoms with Crippen LogP contribution in [0.15, 0.2) is 0 Å². The Bertz CT molecular complexity index is 383. The van der Waals surface area contributed by atoms with Crippen molar-refractivity contribution in [1.82, 2.24) is 0 Å². The topological polar surface area (TPSA) is 52.6 Å². The van der Waals surface area contributed by atoms with Gasteiger partial charge in [-0.3, -0.25) is 9.59 Å². The number of rotatable bonds is 11. The van der Waals surface area contributed by atoms with E-state index in [4.69, 9.17) is 9.47 Å². The fourth-order valence-corrected chi connectivity index (χ4v) is 3.29. The van der Waals surface area contributed by atoms with Crippen LogP contribution in [0.5, 0.6) is 0 Å². The van der Waals surface area contributed by atoms with Crippen LogP contribution in [0.1, 0.15) is 85.5 Å². The summed E-state index contributed by atoms with van der Waals surface area (Å²) in [5, 5.41) is 0. The SMILES string of the molecule is CCCCC(CC)COC(=O)C1CCC(C(=O)OCCC(C)C)CC1. The lowest BCUT2D eigenvalue weighted by molar-refractivity contribution is -0.156. The van der Waals surface area contributed by atoms with E-state index < -0.39 is 0 Å². The first-order chi connectivity index (χ1) is 12.0. The van der Waals surface area contributed by atoms with Gasteiger partial charge in [-0.05, 0) is 50.4 Å². The van der Waals surface area contributed by atoms with Crippen LogP contribution in [0.4, 0.5) is 0 Å². The van der Waals surface area contributed by atoms with E-state index in [1.54, 1.807) is 0 Å². The van der Waals surface area contributed by atoms with Crippen molar-refractivity contribution < 1.29 is 19.1 Å². The van der Waals surface area contributed by atoms with Crippen LogP contribution >= 0.6 is 0 Å². The minimum Gasteiger partial charge on any atom is -0.465 e. The third-order valence-corrected chi connectivity index (χ3v) is 5.34. The molecule has 0 aromatic heterocycles. The van der Waals surface area contributed by atoms with Crippen LogP contribution in [0.25, 0.3) is 0 Å². The molecule has 1 aliphatic rings. The lowest BCUT2D eigenvalue weighted by atomic mass is 9.82. The Labute approximate surface area is 154 Å². The molecule has 0 bridgehead atoms. The van der Waals surface area contributed by atoms with Gasteiger partial charge < -0.3 is 9.47 Å². The maximum Gasteiger partial charge on any atom is 0.308 e. The van der Waals surface area contributed by atoms with E-state index in [-0.39, 0.29) is 23.8 Å². The smallest absolute Gasteiger partial charge is 0.308 e. The second-order valence-corrected chi connectivity index (χ2v) is 7.95. The van der Waals surface area contributed by atoms with Crippen LogP contribution in [0, 0.1) is 23.7 Å². The number of hydrogen-bond acceptors (Lipinski definition) is 4. The number of ether oxygens (including phenoxy) is 2. The highest BCUT2D eigenvalue weighted by Crippen LogP contribution is 2.30. The first kappa shape index (κ1) is 22.0. The zero-order valence-corrected chi connectivity index (χ0v) is 16.7. The molecule has 0 amide bonds. The largest absolute Gasteiger partial charge is 0.465 e. The van der Waals surface area contributed by atoms with Gasteiger partial charge in [-0.2, -0.15) is 0 Å². The Morgan fingerprint density at radius 1 is 0.920 bits per heavy atom. The van der Waals surface area contributed by atoms with Crippen LogP contribution in [-0.4, -0.2) is 25.2 Å². The van der Waals surface area contributed by atoms with Gasteiger partial charge in [0.15, 0.2) is 0 Å². The Balaban J connectivity index is 2.26. The fraction of sp³-hybridized carbons (Fsp3) is 0.905. The first-order valence-electron chi connectivity index (χ1n) is 10.3.